The number of H-pyrrole nitrogens is 1. The summed E-state index contributed by atoms with van der Waals surface area (Å²) in [7, 11) is -3.24. The molecule has 1 aliphatic heterocycles. The Balaban J connectivity index is 1.47. The van der Waals surface area contributed by atoms with Gasteiger partial charge in [-0.05, 0) is 51.7 Å². The molecule has 3 atom stereocenters. The van der Waals surface area contributed by atoms with E-state index in [-0.39, 0.29) is 24.0 Å². The van der Waals surface area contributed by atoms with Crippen LogP contribution in [-0.4, -0.2) is 47.6 Å². The zero-order valence-electron chi connectivity index (χ0n) is 18.9. The Bertz CT molecular complexity index is 1350. The van der Waals surface area contributed by atoms with E-state index in [0.717, 1.165) is 52.9 Å². The number of carbonyl (C=O) groups is 1. The number of aryl methyl sites for hydroxylation is 1. The van der Waals surface area contributed by atoms with Crippen LogP contribution in [0.25, 0.3) is 22.3 Å². The molecule has 0 bridgehead atoms. The van der Waals surface area contributed by atoms with Crippen LogP contribution in [0.2, 0.25) is 0 Å². The van der Waals surface area contributed by atoms with Gasteiger partial charge < -0.3 is 15.6 Å². The number of carbonyl (C=O) groups excluding carboxylic acids is 1. The van der Waals surface area contributed by atoms with Crippen LogP contribution >= 0.6 is 0 Å². The topological polar surface area (TPSA) is 129 Å². The van der Waals surface area contributed by atoms with Crippen molar-refractivity contribution in [3.63, 3.8) is 0 Å². The van der Waals surface area contributed by atoms with E-state index in [0.29, 0.717) is 17.8 Å². The molecule has 1 fully saturated rings. The second-order valence-electron chi connectivity index (χ2n) is 9.13. The van der Waals surface area contributed by atoms with Crippen molar-refractivity contribution in [1.82, 2.24) is 25.0 Å². The normalized spacial score (nSPS) is 22.9. The van der Waals surface area contributed by atoms with Crippen molar-refractivity contribution in [2.75, 3.05) is 11.6 Å². The Labute approximate surface area is 192 Å². The average molecular weight is 469 g/mol. The van der Waals surface area contributed by atoms with Gasteiger partial charge in [0.1, 0.15) is 11.3 Å². The maximum atomic E-state index is 12.2. The summed E-state index contributed by atoms with van der Waals surface area (Å²) in [5.41, 5.74) is 5.60. The first-order valence-corrected chi connectivity index (χ1v) is 13.1. The molecule has 4 N–H and O–H groups in total. The molecule has 10 heteroatoms. The molecule has 2 aromatic heterocycles. The second-order valence-corrected chi connectivity index (χ2v) is 10.9. The zero-order valence-corrected chi connectivity index (χ0v) is 19.7. The molecule has 174 valence electrons. The van der Waals surface area contributed by atoms with Gasteiger partial charge in [0, 0.05) is 23.3 Å². The molecule has 0 spiro atoms. The molecule has 0 saturated heterocycles. The number of anilines is 1. The van der Waals surface area contributed by atoms with Gasteiger partial charge in [-0.1, -0.05) is 12.1 Å². The van der Waals surface area contributed by atoms with E-state index < -0.39 is 10.0 Å². The van der Waals surface area contributed by atoms with Crippen molar-refractivity contribution in [2.45, 2.75) is 57.7 Å². The largest absolute Gasteiger partial charge is 0.366 e. The van der Waals surface area contributed by atoms with Gasteiger partial charge >= 0.3 is 0 Å². The molecule has 1 aromatic carbocycles. The van der Waals surface area contributed by atoms with Crippen molar-refractivity contribution < 1.29 is 13.2 Å². The quantitative estimate of drug-likeness (QED) is 0.456. The molecular formula is C23H28N6O3S. The zero-order chi connectivity index (χ0) is 23.3. The molecule has 9 nitrogen and oxygen atoms in total. The molecule has 5 rings (SSSR count). The maximum Gasteiger partial charge on any atom is 0.253 e. The fourth-order valence-corrected chi connectivity index (χ4v) is 5.75. The van der Waals surface area contributed by atoms with Crippen molar-refractivity contribution >= 4 is 32.8 Å². The molecule has 0 radical (unpaired) electrons. The minimum absolute atomic E-state index is 0.0541. The summed E-state index contributed by atoms with van der Waals surface area (Å²) in [4.78, 5) is 25.3. The number of benzene rings is 1. The van der Waals surface area contributed by atoms with Gasteiger partial charge in [0.05, 0.1) is 34.8 Å². The number of amides is 1. The highest BCUT2D eigenvalue weighted by Gasteiger charge is 2.29. The first kappa shape index (κ1) is 21.8. The lowest BCUT2D eigenvalue weighted by Crippen LogP contribution is -2.41. The Hall–Kier alpha value is -2.98. The molecule has 1 aliphatic carbocycles. The Morgan fingerprint density at radius 2 is 1.91 bits per heavy atom. The van der Waals surface area contributed by atoms with Crippen LogP contribution in [0.3, 0.4) is 0 Å². The van der Waals surface area contributed by atoms with Gasteiger partial charge in [-0.2, -0.15) is 0 Å². The summed E-state index contributed by atoms with van der Waals surface area (Å²) in [6, 6.07) is 7.70. The third kappa shape index (κ3) is 4.32. The summed E-state index contributed by atoms with van der Waals surface area (Å²) in [6.45, 7) is 3.88. The lowest BCUT2D eigenvalue weighted by atomic mass is 9.91. The van der Waals surface area contributed by atoms with Crippen molar-refractivity contribution in [1.29, 1.82) is 0 Å². The Morgan fingerprint density at radius 3 is 2.67 bits per heavy atom. The van der Waals surface area contributed by atoms with Crippen LogP contribution in [0, 0.1) is 6.92 Å². The first-order chi connectivity index (χ1) is 15.7. The summed E-state index contributed by atoms with van der Waals surface area (Å²) in [5.74, 6) is 0.629. The van der Waals surface area contributed by atoms with Crippen molar-refractivity contribution in [3.8, 4) is 11.3 Å². The fourth-order valence-electron chi connectivity index (χ4n) is 4.94. The molecule has 2 aliphatic rings. The fraction of sp³-hybridized carbons (Fsp3) is 0.435. The Morgan fingerprint density at radius 1 is 1.12 bits per heavy atom. The minimum atomic E-state index is -3.24. The van der Waals surface area contributed by atoms with Gasteiger partial charge in [0.15, 0.2) is 0 Å². The standard InChI is InChI=1S/C23H28N6O3S/c1-12-20-17(23(30)25-12)11-19(27-20)16-8-5-9-18-21(16)28-22(13(2)24-18)26-14-6-4-7-15(10-14)29-33(3,31)32/h5,8-9,11-12,14-15,27,29H,4,6-7,10H2,1-3H3,(H,25,30)(H,26,28)/t12-,14+,15-/m1/s1. The van der Waals surface area contributed by atoms with E-state index >= 15 is 0 Å². The van der Waals surface area contributed by atoms with Gasteiger partial charge in [0.25, 0.3) is 5.91 Å². The Kier molecular flexibility index (Phi) is 5.37. The number of rotatable bonds is 5. The van der Waals surface area contributed by atoms with Crippen LogP contribution in [0.5, 0.6) is 0 Å². The molecule has 33 heavy (non-hydrogen) atoms. The van der Waals surface area contributed by atoms with Crippen LogP contribution in [0.1, 0.15) is 60.4 Å². The van der Waals surface area contributed by atoms with E-state index in [1.165, 1.54) is 6.26 Å². The SMILES string of the molecule is Cc1nc2cccc(-c3cc4c([nH]3)[C@@H](C)NC4=O)c2nc1N[C@H]1CCC[C@@H](NS(C)(=O)=O)C1. The first-order valence-electron chi connectivity index (χ1n) is 11.2. The van der Waals surface area contributed by atoms with Gasteiger partial charge in [-0.25, -0.2) is 23.1 Å². The number of sulfonamides is 1. The number of hydrogen-bond acceptors (Lipinski definition) is 6. The van der Waals surface area contributed by atoms with Crippen LogP contribution in [0.15, 0.2) is 24.3 Å². The number of fused-ring (bicyclic) bond motifs is 2. The van der Waals surface area contributed by atoms with Crippen LogP contribution < -0.4 is 15.4 Å². The number of para-hydroxylation sites is 1. The number of nitrogens with one attached hydrogen (secondary N) is 4. The number of aromatic nitrogens is 3. The van der Waals surface area contributed by atoms with E-state index in [9.17, 15) is 13.2 Å². The molecule has 3 heterocycles. The number of hydrogen-bond donors (Lipinski definition) is 4. The molecule has 3 aromatic rings. The summed E-state index contributed by atoms with van der Waals surface area (Å²) in [6.07, 6.45) is 4.61. The predicted molar refractivity (Wildman–Crippen MR) is 128 cm³/mol. The number of aromatic amines is 1. The summed E-state index contributed by atoms with van der Waals surface area (Å²) >= 11 is 0. The van der Waals surface area contributed by atoms with E-state index in [1.54, 1.807) is 0 Å². The second kappa shape index (κ2) is 8.11. The van der Waals surface area contributed by atoms with Gasteiger partial charge in [-0.15, -0.1) is 0 Å². The molecule has 1 saturated carbocycles. The predicted octanol–water partition coefficient (Wildman–Crippen LogP) is 3.01. The molecule has 1 amide bonds. The van der Waals surface area contributed by atoms with Crippen LogP contribution in [-0.2, 0) is 10.0 Å². The molecular weight excluding hydrogens is 440 g/mol. The maximum absolute atomic E-state index is 12.2. The van der Waals surface area contributed by atoms with Gasteiger partial charge in [0.2, 0.25) is 10.0 Å². The third-order valence-corrected chi connectivity index (χ3v) is 7.19. The third-order valence-electron chi connectivity index (χ3n) is 6.43. The average Bonchev–Trinajstić information content (AvgIpc) is 3.28. The highest BCUT2D eigenvalue weighted by molar-refractivity contribution is 7.88. The number of nitrogens with zero attached hydrogens (tertiary/aromatic N) is 2. The van der Waals surface area contributed by atoms with Gasteiger partial charge in [-0.3, -0.25) is 4.79 Å². The van der Waals surface area contributed by atoms with E-state index in [4.69, 9.17) is 9.97 Å². The highest BCUT2D eigenvalue weighted by atomic mass is 32.2. The highest BCUT2D eigenvalue weighted by Crippen LogP contribution is 2.33. The lowest BCUT2D eigenvalue weighted by Gasteiger charge is -2.30. The molecule has 0 unspecified atom stereocenters. The van der Waals surface area contributed by atoms with Crippen LogP contribution in [0.4, 0.5) is 5.82 Å². The smallest absolute Gasteiger partial charge is 0.253 e. The monoisotopic (exact) mass is 468 g/mol. The minimum Gasteiger partial charge on any atom is -0.366 e. The van der Waals surface area contributed by atoms with E-state index in [2.05, 4.69) is 20.3 Å². The summed E-state index contributed by atoms with van der Waals surface area (Å²) < 4.78 is 26.0. The van der Waals surface area contributed by atoms with Crippen molar-refractivity contribution in [3.05, 3.63) is 41.2 Å². The van der Waals surface area contributed by atoms with E-state index in [1.807, 2.05) is 38.1 Å². The summed E-state index contributed by atoms with van der Waals surface area (Å²) in [5, 5.41) is 6.41. The van der Waals surface area contributed by atoms with Crippen molar-refractivity contribution in [2.24, 2.45) is 0 Å². The lowest BCUT2D eigenvalue weighted by molar-refractivity contribution is 0.0958.